The Balaban J connectivity index is 3.50. The van der Waals surface area contributed by atoms with Gasteiger partial charge in [0.2, 0.25) is 11.8 Å². The molecule has 4 nitrogen and oxygen atoms in total. The molecule has 0 radical (unpaired) electrons. The minimum Gasteiger partial charge on any atom is -0.370 e. The molecule has 12 heavy (non-hydrogen) atoms. The smallest absolute Gasteiger partial charge is 0.241 e. The first kappa shape index (κ1) is 10.4. The van der Waals surface area contributed by atoms with Crippen LogP contribution in [0, 0.1) is 0 Å². The summed E-state index contributed by atoms with van der Waals surface area (Å²) in [5, 5.41) is 0. The molecule has 0 aromatic heterocycles. The molecule has 0 aromatic carbocycles. The molecule has 0 aliphatic heterocycles. The molecule has 0 aromatic rings. The summed E-state index contributed by atoms with van der Waals surface area (Å²) in [7, 11) is 0. The van der Waals surface area contributed by atoms with Gasteiger partial charge in [-0.1, -0.05) is 18.2 Å². The lowest BCUT2D eigenvalue weighted by Gasteiger charge is -1.85. The molecule has 0 saturated carbocycles. The van der Waals surface area contributed by atoms with Gasteiger partial charge < -0.3 is 11.5 Å². The molecule has 0 aliphatic carbocycles. The lowest BCUT2D eigenvalue weighted by Crippen LogP contribution is -2.08. The minimum atomic E-state index is -0.491. The van der Waals surface area contributed by atoms with E-state index in [-0.39, 0.29) is 5.91 Å². The van der Waals surface area contributed by atoms with Crippen LogP contribution in [0.3, 0.4) is 0 Å². The van der Waals surface area contributed by atoms with E-state index in [1.165, 1.54) is 12.2 Å². The highest BCUT2D eigenvalue weighted by atomic mass is 16.1. The van der Waals surface area contributed by atoms with Crippen molar-refractivity contribution in [3.8, 4) is 0 Å². The van der Waals surface area contributed by atoms with E-state index in [9.17, 15) is 9.59 Å². The van der Waals surface area contributed by atoms with Crippen LogP contribution in [0.2, 0.25) is 0 Å². The Kier molecular flexibility index (Phi) is 5.34. The van der Waals surface area contributed by atoms with Crippen molar-refractivity contribution in [2.24, 2.45) is 11.5 Å². The summed E-state index contributed by atoms with van der Waals surface area (Å²) in [6, 6.07) is 0. The van der Waals surface area contributed by atoms with Gasteiger partial charge in [-0.15, -0.1) is 0 Å². The molecule has 4 heteroatoms. The van der Waals surface area contributed by atoms with E-state index in [2.05, 4.69) is 0 Å². The van der Waals surface area contributed by atoms with Crippen molar-refractivity contribution < 1.29 is 9.59 Å². The first-order valence-electron chi connectivity index (χ1n) is 3.54. The Morgan fingerprint density at radius 2 is 1.83 bits per heavy atom. The zero-order chi connectivity index (χ0) is 9.40. The van der Waals surface area contributed by atoms with E-state index >= 15 is 0 Å². The SMILES string of the molecule is NC(=O)C=CC=CCCC(N)=O. The van der Waals surface area contributed by atoms with Crippen LogP contribution in [0.15, 0.2) is 24.3 Å². The third-order valence-electron chi connectivity index (χ3n) is 1.07. The minimum absolute atomic E-state index is 0.320. The Hall–Kier alpha value is -1.58. The standard InChI is InChI=1S/C8H12N2O2/c9-7(11)5-3-1-2-4-6-8(10)12/h1-3,5H,4,6H2,(H2,9,11)(H2,10,12). The first-order valence-corrected chi connectivity index (χ1v) is 3.54. The molecule has 0 rings (SSSR count). The third-order valence-corrected chi connectivity index (χ3v) is 1.07. The van der Waals surface area contributed by atoms with Gasteiger partial charge in [0, 0.05) is 12.5 Å². The van der Waals surface area contributed by atoms with Gasteiger partial charge in [0.25, 0.3) is 0 Å². The van der Waals surface area contributed by atoms with E-state index < -0.39 is 5.91 Å². The largest absolute Gasteiger partial charge is 0.370 e. The van der Waals surface area contributed by atoms with Crippen LogP contribution in [0.4, 0.5) is 0 Å². The number of nitrogens with two attached hydrogens (primary N) is 2. The summed E-state index contributed by atoms with van der Waals surface area (Å²) in [4.78, 5) is 20.4. The molecule has 0 heterocycles. The molecule has 0 aliphatic rings. The summed E-state index contributed by atoms with van der Waals surface area (Å²) < 4.78 is 0. The number of rotatable bonds is 5. The van der Waals surface area contributed by atoms with Crippen LogP contribution in [0.1, 0.15) is 12.8 Å². The molecule has 2 amide bonds. The Labute approximate surface area is 70.9 Å². The highest BCUT2D eigenvalue weighted by Crippen LogP contribution is 1.89. The number of primary amides is 2. The monoisotopic (exact) mass is 168 g/mol. The number of carbonyl (C=O) groups is 2. The van der Waals surface area contributed by atoms with Crippen molar-refractivity contribution in [3.05, 3.63) is 24.3 Å². The fraction of sp³-hybridized carbons (Fsp3) is 0.250. The molecular weight excluding hydrogens is 156 g/mol. The van der Waals surface area contributed by atoms with Crippen molar-refractivity contribution in [1.29, 1.82) is 0 Å². The van der Waals surface area contributed by atoms with Gasteiger partial charge in [0.05, 0.1) is 0 Å². The summed E-state index contributed by atoms with van der Waals surface area (Å²) in [5.41, 5.74) is 9.71. The van der Waals surface area contributed by atoms with Crippen LogP contribution in [-0.2, 0) is 9.59 Å². The summed E-state index contributed by atoms with van der Waals surface area (Å²) >= 11 is 0. The van der Waals surface area contributed by atoms with Gasteiger partial charge in [-0.05, 0) is 6.42 Å². The summed E-state index contributed by atoms with van der Waals surface area (Å²) in [6.07, 6.45) is 7.04. The van der Waals surface area contributed by atoms with E-state index in [4.69, 9.17) is 11.5 Å². The number of hydrogen-bond acceptors (Lipinski definition) is 2. The maximum atomic E-state index is 10.2. The van der Waals surface area contributed by atoms with E-state index in [0.717, 1.165) is 0 Å². The van der Waals surface area contributed by atoms with Crippen molar-refractivity contribution in [2.45, 2.75) is 12.8 Å². The van der Waals surface area contributed by atoms with Crippen molar-refractivity contribution in [3.63, 3.8) is 0 Å². The summed E-state index contributed by atoms with van der Waals surface area (Å²) in [5.74, 6) is -0.826. The Bertz CT molecular complexity index is 219. The second-order valence-corrected chi connectivity index (χ2v) is 2.19. The fourth-order valence-corrected chi connectivity index (χ4v) is 0.551. The van der Waals surface area contributed by atoms with Crippen LogP contribution >= 0.6 is 0 Å². The average molecular weight is 168 g/mol. The molecule has 0 unspecified atom stereocenters. The Morgan fingerprint density at radius 3 is 2.33 bits per heavy atom. The third kappa shape index (κ3) is 8.42. The predicted molar refractivity (Wildman–Crippen MR) is 45.9 cm³/mol. The second-order valence-electron chi connectivity index (χ2n) is 2.19. The first-order chi connectivity index (χ1) is 5.63. The van der Waals surface area contributed by atoms with Gasteiger partial charge in [0.1, 0.15) is 0 Å². The second kappa shape index (κ2) is 6.15. The van der Waals surface area contributed by atoms with E-state index in [0.29, 0.717) is 12.8 Å². The van der Waals surface area contributed by atoms with Gasteiger partial charge in [0.15, 0.2) is 0 Å². The number of allylic oxidation sites excluding steroid dienone is 3. The van der Waals surface area contributed by atoms with Crippen LogP contribution in [0.25, 0.3) is 0 Å². The number of hydrogen-bond donors (Lipinski definition) is 2. The normalized spacial score (nSPS) is 11.0. The zero-order valence-corrected chi connectivity index (χ0v) is 6.69. The molecule has 0 atom stereocenters. The maximum absolute atomic E-state index is 10.2. The molecule has 0 bridgehead atoms. The van der Waals surface area contributed by atoms with Gasteiger partial charge in [-0.25, -0.2) is 0 Å². The highest BCUT2D eigenvalue weighted by Gasteiger charge is 1.87. The molecule has 4 N–H and O–H groups in total. The lowest BCUT2D eigenvalue weighted by atomic mass is 10.3. The van der Waals surface area contributed by atoms with Gasteiger partial charge in [-0.3, -0.25) is 9.59 Å². The van der Waals surface area contributed by atoms with Crippen LogP contribution in [-0.4, -0.2) is 11.8 Å². The molecular formula is C8H12N2O2. The van der Waals surface area contributed by atoms with Crippen LogP contribution in [0.5, 0.6) is 0 Å². The molecule has 66 valence electrons. The highest BCUT2D eigenvalue weighted by molar-refractivity contribution is 5.85. The molecule has 0 spiro atoms. The predicted octanol–water partition coefficient (Wildman–Crippen LogP) is -0.150. The zero-order valence-electron chi connectivity index (χ0n) is 6.69. The van der Waals surface area contributed by atoms with Gasteiger partial charge in [-0.2, -0.15) is 0 Å². The lowest BCUT2D eigenvalue weighted by molar-refractivity contribution is -0.118. The van der Waals surface area contributed by atoms with Crippen molar-refractivity contribution in [2.75, 3.05) is 0 Å². The van der Waals surface area contributed by atoms with Gasteiger partial charge >= 0.3 is 0 Å². The maximum Gasteiger partial charge on any atom is 0.241 e. The number of amides is 2. The number of carbonyl (C=O) groups excluding carboxylic acids is 2. The van der Waals surface area contributed by atoms with Crippen LogP contribution < -0.4 is 11.5 Å². The average Bonchev–Trinajstić information content (AvgIpc) is 1.95. The summed E-state index contributed by atoms with van der Waals surface area (Å²) in [6.45, 7) is 0. The molecule has 0 fully saturated rings. The van der Waals surface area contributed by atoms with Crippen molar-refractivity contribution in [1.82, 2.24) is 0 Å². The fourth-order valence-electron chi connectivity index (χ4n) is 0.551. The van der Waals surface area contributed by atoms with E-state index in [1.807, 2.05) is 0 Å². The Morgan fingerprint density at radius 1 is 1.17 bits per heavy atom. The molecule has 0 saturated heterocycles. The topological polar surface area (TPSA) is 86.2 Å². The quantitative estimate of drug-likeness (QED) is 0.441. The van der Waals surface area contributed by atoms with E-state index in [1.54, 1.807) is 12.2 Å². The van der Waals surface area contributed by atoms with Crippen molar-refractivity contribution >= 4 is 11.8 Å².